The number of alkyl halides is 3. The fourth-order valence-electron chi connectivity index (χ4n) is 5.09. The Kier molecular flexibility index (Phi) is 7.59. The van der Waals surface area contributed by atoms with Crippen molar-refractivity contribution in [3.05, 3.63) is 35.4 Å². The number of anilines is 1. The van der Waals surface area contributed by atoms with Crippen LogP contribution in [0.4, 0.5) is 19.0 Å². The van der Waals surface area contributed by atoms with Crippen molar-refractivity contribution in [2.75, 3.05) is 44.6 Å². The first-order chi connectivity index (χ1) is 16.2. The Morgan fingerprint density at radius 1 is 1.12 bits per heavy atom. The smallest absolute Gasteiger partial charge is 0.416 e. The summed E-state index contributed by atoms with van der Waals surface area (Å²) in [6, 6.07) is 5.59. The lowest BCUT2D eigenvalue weighted by Gasteiger charge is -2.42. The molecule has 2 fully saturated rings. The van der Waals surface area contributed by atoms with Crippen LogP contribution < -0.4 is 11.1 Å². The summed E-state index contributed by atoms with van der Waals surface area (Å²) in [6.45, 7) is 7.74. The molecule has 2 aliphatic rings. The third-order valence-electron chi connectivity index (χ3n) is 6.89. The molecule has 0 aliphatic carbocycles. The number of hydrogen-bond acceptors (Lipinski definition) is 7. The summed E-state index contributed by atoms with van der Waals surface area (Å²) in [4.78, 5) is 5.01. The number of nitrogens with one attached hydrogen (secondary N) is 1. The summed E-state index contributed by atoms with van der Waals surface area (Å²) in [7, 11) is 0. The van der Waals surface area contributed by atoms with E-state index in [9.17, 15) is 18.3 Å². The lowest BCUT2D eigenvalue weighted by molar-refractivity contribution is -0.137. The molecule has 0 radical (unpaired) electrons. The van der Waals surface area contributed by atoms with E-state index in [0.717, 1.165) is 76.1 Å². The molecule has 186 valence electrons. The molecule has 2 saturated heterocycles. The molecular formula is C24H33F3N6O. The first kappa shape index (κ1) is 24.7. The van der Waals surface area contributed by atoms with Crippen LogP contribution in [0.3, 0.4) is 0 Å². The van der Waals surface area contributed by atoms with E-state index in [-0.39, 0.29) is 11.6 Å². The number of aromatic hydroxyl groups is 1. The molecule has 10 heteroatoms. The van der Waals surface area contributed by atoms with Crippen LogP contribution in [0.25, 0.3) is 11.3 Å². The third kappa shape index (κ3) is 5.79. The summed E-state index contributed by atoms with van der Waals surface area (Å²) >= 11 is 0. The zero-order valence-electron chi connectivity index (χ0n) is 19.5. The van der Waals surface area contributed by atoms with Gasteiger partial charge in [-0.25, -0.2) is 0 Å². The molecule has 3 heterocycles. The fraction of sp³-hybridized carbons (Fsp3) is 0.583. The molecule has 0 bridgehead atoms. The van der Waals surface area contributed by atoms with Crippen molar-refractivity contribution in [3.63, 3.8) is 0 Å². The molecule has 2 aliphatic heterocycles. The van der Waals surface area contributed by atoms with E-state index in [1.54, 1.807) is 0 Å². The van der Waals surface area contributed by atoms with Crippen molar-refractivity contribution >= 4 is 5.82 Å². The number of phenols is 1. The Balaban J connectivity index is 1.39. The van der Waals surface area contributed by atoms with Gasteiger partial charge in [0.05, 0.1) is 11.3 Å². The molecule has 2 aromatic rings. The molecule has 0 amide bonds. The minimum absolute atomic E-state index is 0.231. The number of benzene rings is 1. The zero-order chi connectivity index (χ0) is 24.3. The van der Waals surface area contributed by atoms with Crippen LogP contribution in [0, 0.1) is 6.92 Å². The van der Waals surface area contributed by atoms with Gasteiger partial charge in [0.1, 0.15) is 11.6 Å². The second-order valence-corrected chi connectivity index (χ2v) is 9.33. The van der Waals surface area contributed by atoms with Crippen molar-refractivity contribution in [2.45, 2.75) is 50.9 Å². The highest BCUT2D eigenvalue weighted by Crippen LogP contribution is 2.37. The molecule has 1 aromatic heterocycles. The number of piperidine rings is 2. The maximum absolute atomic E-state index is 12.9. The molecule has 1 atom stereocenters. The standard InChI is InChI=1S/C24H33F3N6O/c1-16-13-22(30-31-23(16)20-5-4-17(14-21(20)34)24(25,26)27)29-18-3-2-9-33(15-18)19-6-10-32(11-7-19)12-8-28/h4-5,13-14,18-19,34H,2-3,6-12,15,28H2,1H3,(H,29,30)/t18-/m1/s1. The van der Waals surface area contributed by atoms with Crippen LogP contribution in [-0.4, -0.2) is 76.5 Å². The van der Waals surface area contributed by atoms with E-state index in [1.165, 1.54) is 6.07 Å². The fourth-order valence-corrected chi connectivity index (χ4v) is 5.09. The number of hydrogen-bond donors (Lipinski definition) is 3. The van der Waals surface area contributed by atoms with E-state index in [1.807, 2.05) is 13.0 Å². The van der Waals surface area contributed by atoms with Gasteiger partial charge in [0.2, 0.25) is 0 Å². The van der Waals surface area contributed by atoms with Gasteiger partial charge in [0.25, 0.3) is 0 Å². The van der Waals surface area contributed by atoms with E-state index in [4.69, 9.17) is 5.73 Å². The number of likely N-dealkylation sites (tertiary alicyclic amines) is 2. The number of nitrogens with zero attached hydrogens (tertiary/aromatic N) is 4. The Hall–Kier alpha value is -2.43. The van der Waals surface area contributed by atoms with Gasteiger partial charge in [-0.1, -0.05) is 0 Å². The number of halogens is 3. The minimum Gasteiger partial charge on any atom is -0.507 e. The first-order valence-corrected chi connectivity index (χ1v) is 11.9. The van der Waals surface area contributed by atoms with E-state index >= 15 is 0 Å². The van der Waals surface area contributed by atoms with Gasteiger partial charge in [-0.05, 0) is 82.1 Å². The van der Waals surface area contributed by atoms with Crippen molar-refractivity contribution in [1.82, 2.24) is 20.0 Å². The minimum atomic E-state index is -4.51. The lowest BCUT2D eigenvalue weighted by Crippen LogP contribution is -2.51. The average Bonchev–Trinajstić information content (AvgIpc) is 2.80. The predicted molar refractivity (Wildman–Crippen MR) is 126 cm³/mol. The molecular weight excluding hydrogens is 445 g/mol. The van der Waals surface area contributed by atoms with Crippen LogP contribution >= 0.6 is 0 Å². The largest absolute Gasteiger partial charge is 0.507 e. The monoisotopic (exact) mass is 478 g/mol. The first-order valence-electron chi connectivity index (χ1n) is 11.9. The lowest BCUT2D eigenvalue weighted by atomic mass is 9.98. The average molecular weight is 479 g/mol. The second-order valence-electron chi connectivity index (χ2n) is 9.33. The van der Waals surface area contributed by atoms with Gasteiger partial charge in [0, 0.05) is 37.3 Å². The molecule has 1 aromatic carbocycles. The van der Waals surface area contributed by atoms with Gasteiger partial charge >= 0.3 is 6.18 Å². The van der Waals surface area contributed by atoms with Crippen LogP contribution in [-0.2, 0) is 6.18 Å². The Morgan fingerprint density at radius 2 is 1.88 bits per heavy atom. The van der Waals surface area contributed by atoms with Crippen molar-refractivity contribution < 1.29 is 18.3 Å². The van der Waals surface area contributed by atoms with Crippen LogP contribution in [0.15, 0.2) is 24.3 Å². The highest BCUT2D eigenvalue weighted by Gasteiger charge is 2.32. The maximum atomic E-state index is 12.9. The van der Waals surface area contributed by atoms with Gasteiger partial charge in [-0.3, -0.25) is 4.90 Å². The normalized spacial score (nSPS) is 21.0. The molecule has 4 N–H and O–H groups in total. The van der Waals surface area contributed by atoms with Gasteiger partial charge in [0.15, 0.2) is 0 Å². The predicted octanol–water partition coefficient (Wildman–Crippen LogP) is 3.48. The number of phenolic OH excluding ortho intramolecular Hbond substituents is 1. The molecule has 0 spiro atoms. The number of aromatic nitrogens is 2. The SMILES string of the molecule is Cc1cc(N[C@@H]2CCCN(C3CCN(CCN)CC3)C2)nnc1-c1ccc(C(F)(F)F)cc1O. The Labute approximate surface area is 198 Å². The number of aryl methyl sites for hydroxylation is 1. The summed E-state index contributed by atoms with van der Waals surface area (Å²) in [5, 5.41) is 22.1. The zero-order valence-corrected chi connectivity index (χ0v) is 19.5. The Bertz CT molecular complexity index is 978. The highest BCUT2D eigenvalue weighted by molar-refractivity contribution is 5.70. The van der Waals surface area contributed by atoms with E-state index in [2.05, 4.69) is 25.3 Å². The molecule has 0 unspecified atom stereocenters. The highest BCUT2D eigenvalue weighted by atomic mass is 19.4. The summed E-state index contributed by atoms with van der Waals surface area (Å²) in [6.07, 6.45) is -0.0247. The molecule has 7 nitrogen and oxygen atoms in total. The maximum Gasteiger partial charge on any atom is 0.416 e. The van der Waals surface area contributed by atoms with Crippen LogP contribution in [0.1, 0.15) is 36.8 Å². The molecule has 0 saturated carbocycles. The third-order valence-corrected chi connectivity index (χ3v) is 6.89. The molecule has 34 heavy (non-hydrogen) atoms. The van der Waals surface area contributed by atoms with Gasteiger partial charge in [-0.2, -0.15) is 13.2 Å². The summed E-state index contributed by atoms with van der Waals surface area (Å²) < 4.78 is 38.7. The number of nitrogens with two attached hydrogens (primary N) is 1. The number of rotatable bonds is 6. The van der Waals surface area contributed by atoms with E-state index < -0.39 is 17.5 Å². The van der Waals surface area contributed by atoms with Crippen LogP contribution in [0.2, 0.25) is 0 Å². The molecule has 4 rings (SSSR count). The quantitative estimate of drug-likeness (QED) is 0.586. The van der Waals surface area contributed by atoms with Crippen molar-refractivity contribution in [1.29, 1.82) is 0 Å². The Morgan fingerprint density at radius 3 is 2.53 bits per heavy atom. The summed E-state index contributed by atoms with van der Waals surface area (Å²) in [5.74, 6) is 0.172. The summed E-state index contributed by atoms with van der Waals surface area (Å²) in [5.41, 5.74) is 6.11. The van der Waals surface area contributed by atoms with Crippen molar-refractivity contribution in [3.8, 4) is 17.0 Å². The van der Waals surface area contributed by atoms with Gasteiger partial charge < -0.3 is 21.1 Å². The van der Waals surface area contributed by atoms with E-state index in [0.29, 0.717) is 24.1 Å². The van der Waals surface area contributed by atoms with Gasteiger partial charge in [-0.15, -0.1) is 10.2 Å². The topological polar surface area (TPSA) is 90.5 Å². The van der Waals surface area contributed by atoms with Crippen LogP contribution in [0.5, 0.6) is 5.75 Å². The van der Waals surface area contributed by atoms with Crippen molar-refractivity contribution in [2.24, 2.45) is 5.73 Å². The second kappa shape index (κ2) is 10.5.